The first-order valence-electron chi connectivity index (χ1n) is 12.2. The number of nitrogens with one attached hydrogen (secondary N) is 3. The van der Waals surface area contributed by atoms with Gasteiger partial charge in [0.05, 0.1) is 5.75 Å². The van der Waals surface area contributed by atoms with E-state index in [4.69, 9.17) is 9.99 Å². The molecular formula is C24H37N3O8S. The van der Waals surface area contributed by atoms with Crippen molar-refractivity contribution in [3.8, 4) is 0 Å². The lowest BCUT2D eigenvalue weighted by Crippen LogP contribution is -2.52. The van der Waals surface area contributed by atoms with Crippen molar-refractivity contribution in [2.24, 2.45) is 11.8 Å². The van der Waals surface area contributed by atoms with Crippen LogP contribution in [0.4, 0.5) is 4.79 Å². The predicted octanol–water partition coefficient (Wildman–Crippen LogP) is 2.50. The first kappa shape index (κ1) is 29.5. The number of carbonyl (C=O) groups excluding carboxylic acids is 3. The zero-order chi connectivity index (χ0) is 26.7. The summed E-state index contributed by atoms with van der Waals surface area (Å²) in [7, 11) is -4.35. The van der Waals surface area contributed by atoms with Gasteiger partial charge < -0.3 is 20.7 Å². The third kappa shape index (κ3) is 9.75. The van der Waals surface area contributed by atoms with Crippen molar-refractivity contribution in [2.75, 3.05) is 12.3 Å². The maximum Gasteiger partial charge on any atom is 0.408 e. The van der Waals surface area contributed by atoms with Crippen LogP contribution in [0, 0.1) is 11.8 Å². The summed E-state index contributed by atoms with van der Waals surface area (Å²) in [5.74, 6) is -2.06. The summed E-state index contributed by atoms with van der Waals surface area (Å²) in [6.07, 6.45) is 0.916. The fraction of sp³-hybridized carbons (Fsp3) is 0.625. The van der Waals surface area contributed by atoms with Gasteiger partial charge in [-0.1, -0.05) is 57.5 Å². The molecule has 11 nitrogen and oxygen atoms in total. The molecule has 4 N–H and O–H groups in total. The van der Waals surface area contributed by atoms with Crippen molar-refractivity contribution in [1.82, 2.24) is 16.0 Å². The van der Waals surface area contributed by atoms with E-state index in [0.717, 1.165) is 12.0 Å². The lowest BCUT2D eigenvalue weighted by atomic mass is 9.98. The second-order valence-corrected chi connectivity index (χ2v) is 11.0. The van der Waals surface area contributed by atoms with Crippen LogP contribution in [-0.2, 0) is 28.8 Å². The molecule has 36 heavy (non-hydrogen) atoms. The van der Waals surface area contributed by atoms with Gasteiger partial charge in [-0.15, -0.1) is 4.33 Å². The van der Waals surface area contributed by atoms with E-state index in [9.17, 15) is 22.8 Å². The van der Waals surface area contributed by atoms with Crippen LogP contribution in [0.2, 0.25) is 0 Å². The Hall–Kier alpha value is -2.70. The van der Waals surface area contributed by atoms with E-state index in [1.54, 1.807) is 0 Å². The Morgan fingerprint density at radius 2 is 1.89 bits per heavy atom. The zero-order valence-electron chi connectivity index (χ0n) is 20.9. The van der Waals surface area contributed by atoms with E-state index in [1.807, 2.05) is 51.1 Å². The van der Waals surface area contributed by atoms with Gasteiger partial charge in [0, 0.05) is 18.5 Å². The first-order valence-corrected chi connectivity index (χ1v) is 13.8. The van der Waals surface area contributed by atoms with Crippen LogP contribution in [0.1, 0.15) is 64.5 Å². The number of carbonyl (C=O) groups is 3. The number of ether oxygens (including phenoxy) is 1. The van der Waals surface area contributed by atoms with Gasteiger partial charge in [-0.3, -0.25) is 9.59 Å². The summed E-state index contributed by atoms with van der Waals surface area (Å²) in [5.41, 5.74) is 0.837. The largest absolute Gasteiger partial charge is 0.441 e. The van der Waals surface area contributed by atoms with Gasteiger partial charge in [0.2, 0.25) is 11.8 Å². The molecular weight excluding hydrogens is 490 g/mol. The lowest BCUT2D eigenvalue weighted by molar-refractivity contribution is -0.131. The van der Waals surface area contributed by atoms with E-state index in [-0.39, 0.29) is 24.7 Å². The minimum atomic E-state index is -4.35. The maximum absolute atomic E-state index is 13.2. The van der Waals surface area contributed by atoms with Gasteiger partial charge in [-0.05, 0) is 37.2 Å². The molecule has 3 amide bonds. The number of hydrogen-bond acceptors (Lipinski definition) is 8. The molecule has 0 bridgehead atoms. The highest BCUT2D eigenvalue weighted by Gasteiger charge is 2.33. The predicted molar refractivity (Wildman–Crippen MR) is 132 cm³/mol. The highest BCUT2D eigenvalue weighted by molar-refractivity contribution is 7.86. The molecule has 4 atom stereocenters. The van der Waals surface area contributed by atoms with Crippen LogP contribution in [0.15, 0.2) is 30.3 Å². The molecule has 1 aliphatic heterocycles. The summed E-state index contributed by atoms with van der Waals surface area (Å²) >= 11 is 0. The Labute approximate surface area is 212 Å². The summed E-state index contributed by atoms with van der Waals surface area (Å²) in [6, 6.07) is 7.26. The molecule has 202 valence electrons. The summed E-state index contributed by atoms with van der Waals surface area (Å²) in [6.45, 7) is 6.18. The van der Waals surface area contributed by atoms with Gasteiger partial charge in [-0.2, -0.15) is 8.42 Å². The molecule has 1 aliphatic rings. The summed E-state index contributed by atoms with van der Waals surface area (Å²) in [5, 5.41) is 16.6. The van der Waals surface area contributed by atoms with Crippen molar-refractivity contribution in [3.63, 3.8) is 0 Å². The van der Waals surface area contributed by atoms with Crippen LogP contribution >= 0.6 is 0 Å². The molecule has 1 aromatic carbocycles. The minimum Gasteiger partial charge on any atom is -0.441 e. The summed E-state index contributed by atoms with van der Waals surface area (Å²) in [4.78, 5) is 37.9. The van der Waals surface area contributed by atoms with Crippen LogP contribution in [-0.4, -0.2) is 56.0 Å². The average Bonchev–Trinajstić information content (AvgIpc) is 3.22. The Kier molecular flexibility index (Phi) is 11.6. The molecule has 1 fully saturated rings. The molecule has 1 heterocycles. The van der Waals surface area contributed by atoms with Crippen molar-refractivity contribution in [1.29, 1.82) is 0 Å². The number of amides is 3. The number of hydrogen-bond donors (Lipinski definition) is 4. The standard InChI is InChI=1S/C24H37N3O8S/c1-4-8-21(17-9-6-5-7-10-17)34-24(30)27-20(13-16(2)3)23(29)26-19(15-36(32,33)35-31)14-18-11-12-25-22(18)28/h5-7,9-10,16,18-21,31H,4,8,11-15H2,1-3H3,(H,25,28)(H,26,29)(H,27,30)/t18?,19-,20-,21?/m0/s1. The summed E-state index contributed by atoms with van der Waals surface area (Å²) < 4.78 is 33.0. The van der Waals surface area contributed by atoms with Crippen LogP contribution < -0.4 is 16.0 Å². The first-order chi connectivity index (χ1) is 17.0. The van der Waals surface area contributed by atoms with Crippen molar-refractivity contribution < 1.29 is 37.1 Å². The Morgan fingerprint density at radius 3 is 2.44 bits per heavy atom. The average molecular weight is 528 g/mol. The van der Waals surface area contributed by atoms with Crippen molar-refractivity contribution >= 4 is 28.0 Å². The smallest absolute Gasteiger partial charge is 0.408 e. The third-order valence-electron chi connectivity index (χ3n) is 5.88. The molecule has 12 heteroatoms. The maximum atomic E-state index is 13.2. The molecule has 2 rings (SSSR count). The normalized spacial score (nSPS) is 18.2. The van der Waals surface area contributed by atoms with Crippen LogP contribution in [0.5, 0.6) is 0 Å². The quantitative estimate of drug-likeness (QED) is 0.212. The third-order valence-corrected chi connectivity index (χ3v) is 6.92. The highest BCUT2D eigenvalue weighted by atomic mass is 32.2. The van der Waals surface area contributed by atoms with Gasteiger partial charge in [0.1, 0.15) is 12.1 Å². The van der Waals surface area contributed by atoms with Gasteiger partial charge in [0.25, 0.3) is 10.1 Å². The SMILES string of the molecule is CCCC(OC(=O)N[C@@H](CC(C)C)C(=O)N[C@@H](CC1CCNC1=O)CS(=O)(=O)OO)c1ccccc1. The van der Waals surface area contributed by atoms with Gasteiger partial charge in [-0.25, -0.2) is 10.1 Å². The number of benzene rings is 1. The highest BCUT2D eigenvalue weighted by Crippen LogP contribution is 2.23. The van der Waals surface area contributed by atoms with E-state index in [0.29, 0.717) is 19.4 Å². The zero-order valence-corrected chi connectivity index (χ0v) is 21.8. The topological polar surface area (TPSA) is 160 Å². The molecule has 0 spiro atoms. The van der Waals surface area contributed by atoms with E-state index in [1.165, 1.54) is 0 Å². The van der Waals surface area contributed by atoms with Gasteiger partial charge >= 0.3 is 6.09 Å². The molecule has 0 aromatic heterocycles. The van der Waals surface area contributed by atoms with Crippen LogP contribution in [0.25, 0.3) is 0 Å². The fourth-order valence-corrected chi connectivity index (χ4v) is 4.97. The number of rotatable bonds is 14. The lowest BCUT2D eigenvalue weighted by Gasteiger charge is -2.26. The second kappa shape index (κ2) is 14.1. The molecule has 1 aromatic rings. The van der Waals surface area contributed by atoms with E-state index >= 15 is 0 Å². The van der Waals surface area contributed by atoms with Gasteiger partial charge in [0.15, 0.2) is 0 Å². The van der Waals surface area contributed by atoms with E-state index in [2.05, 4.69) is 20.3 Å². The van der Waals surface area contributed by atoms with E-state index < -0.39 is 52.0 Å². The number of alkyl carbamates (subject to hydrolysis) is 1. The molecule has 0 saturated carbocycles. The second-order valence-electron chi connectivity index (χ2n) is 9.44. The molecule has 0 radical (unpaired) electrons. The monoisotopic (exact) mass is 527 g/mol. The molecule has 0 aliphatic carbocycles. The van der Waals surface area contributed by atoms with Crippen LogP contribution in [0.3, 0.4) is 0 Å². The molecule has 2 unspecified atom stereocenters. The van der Waals surface area contributed by atoms with Crippen molar-refractivity contribution in [3.05, 3.63) is 35.9 Å². The fourth-order valence-electron chi connectivity index (χ4n) is 4.19. The Balaban J connectivity index is 2.12. The Bertz CT molecular complexity index is 971. The molecule has 1 saturated heterocycles. The minimum absolute atomic E-state index is 0.0187. The van der Waals surface area contributed by atoms with Crippen molar-refractivity contribution in [2.45, 2.75) is 71.1 Å². The Morgan fingerprint density at radius 1 is 1.19 bits per heavy atom.